The third kappa shape index (κ3) is 3.62. The molecular formula is C17H20N6O. The van der Waals surface area contributed by atoms with E-state index in [9.17, 15) is 0 Å². The van der Waals surface area contributed by atoms with Gasteiger partial charge in [0.05, 0.1) is 6.61 Å². The first-order valence-corrected chi connectivity index (χ1v) is 7.86. The Balaban J connectivity index is 1.73. The lowest BCUT2D eigenvalue weighted by Gasteiger charge is -2.12. The first-order valence-electron chi connectivity index (χ1n) is 7.86. The van der Waals surface area contributed by atoms with Crippen LogP contribution in [-0.2, 0) is 0 Å². The summed E-state index contributed by atoms with van der Waals surface area (Å²) < 4.78 is 7.40. The molecule has 0 aliphatic carbocycles. The number of nitrogens with one attached hydrogen (secondary N) is 1. The summed E-state index contributed by atoms with van der Waals surface area (Å²) in [7, 11) is 0. The lowest BCUT2D eigenvalue weighted by atomic mass is 10.3. The second-order valence-corrected chi connectivity index (χ2v) is 5.28. The third-order valence-electron chi connectivity index (χ3n) is 3.50. The van der Waals surface area contributed by atoms with Gasteiger partial charge in [-0.3, -0.25) is 4.57 Å². The standard InChI is InChI=1S/C17H20N6O/c1-2-3-10-24-14-6-4-13(5-7-14)22-16-15(18)17(21-11-20-16)23-9-8-19-12-23/h4-9,11-12H,2-3,10,18H2,1H3,(H,20,21,22). The van der Waals surface area contributed by atoms with Gasteiger partial charge in [-0.05, 0) is 30.7 Å². The summed E-state index contributed by atoms with van der Waals surface area (Å²) in [6, 6.07) is 7.71. The smallest absolute Gasteiger partial charge is 0.166 e. The molecule has 0 aliphatic heterocycles. The van der Waals surface area contributed by atoms with Crippen LogP contribution in [0.3, 0.4) is 0 Å². The Morgan fingerprint density at radius 3 is 2.75 bits per heavy atom. The van der Waals surface area contributed by atoms with Gasteiger partial charge in [-0.1, -0.05) is 13.3 Å². The molecule has 3 N–H and O–H groups in total. The van der Waals surface area contributed by atoms with Crippen LogP contribution < -0.4 is 15.8 Å². The van der Waals surface area contributed by atoms with E-state index in [1.165, 1.54) is 6.33 Å². The van der Waals surface area contributed by atoms with Gasteiger partial charge in [0.2, 0.25) is 0 Å². The maximum atomic E-state index is 6.17. The lowest BCUT2D eigenvalue weighted by Crippen LogP contribution is -2.06. The predicted molar refractivity (Wildman–Crippen MR) is 93.7 cm³/mol. The van der Waals surface area contributed by atoms with Crippen molar-refractivity contribution in [3.8, 4) is 11.6 Å². The van der Waals surface area contributed by atoms with Gasteiger partial charge in [0.15, 0.2) is 11.6 Å². The number of rotatable bonds is 7. The number of nitrogen functional groups attached to an aromatic ring is 1. The minimum Gasteiger partial charge on any atom is -0.494 e. The van der Waals surface area contributed by atoms with E-state index in [1.54, 1.807) is 23.3 Å². The van der Waals surface area contributed by atoms with E-state index in [0.717, 1.165) is 30.9 Å². The van der Waals surface area contributed by atoms with Crippen LogP contribution in [0.1, 0.15) is 19.8 Å². The highest BCUT2D eigenvalue weighted by Gasteiger charge is 2.09. The molecule has 2 heterocycles. The van der Waals surface area contributed by atoms with Gasteiger partial charge in [0.25, 0.3) is 0 Å². The summed E-state index contributed by atoms with van der Waals surface area (Å²) in [5.74, 6) is 1.99. The number of ether oxygens (including phenoxy) is 1. The molecule has 0 amide bonds. The molecule has 0 saturated carbocycles. The minimum atomic E-state index is 0.457. The molecular weight excluding hydrogens is 304 g/mol. The fourth-order valence-corrected chi connectivity index (χ4v) is 2.18. The number of anilines is 3. The Morgan fingerprint density at radius 2 is 2.04 bits per heavy atom. The van der Waals surface area contributed by atoms with Gasteiger partial charge in [0, 0.05) is 18.1 Å². The summed E-state index contributed by atoms with van der Waals surface area (Å²) in [5, 5.41) is 3.20. The summed E-state index contributed by atoms with van der Waals surface area (Å²) in [6.07, 6.45) is 8.73. The second-order valence-electron chi connectivity index (χ2n) is 5.28. The molecule has 1 aromatic carbocycles. The SMILES string of the molecule is CCCCOc1ccc(Nc2ncnc(-n3ccnc3)c2N)cc1. The molecule has 7 heteroatoms. The van der Waals surface area contributed by atoms with E-state index < -0.39 is 0 Å². The van der Waals surface area contributed by atoms with Crippen molar-refractivity contribution >= 4 is 17.2 Å². The molecule has 0 spiro atoms. The molecule has 3 aromatic rings. The van der Waals surface area contributed by atoms with Crippen molar-refractivity contribution in [3.63, 3.8) is 0 Å². The molecule has 3 rings (SSSR count). The number of benzene rings is 1. The van der Waals surface area contributed by atoms with Crippen LogP contribution in [0.4, 0.5) is 17.2 Å². The molecule has 0 unspecified atom stereocenters. The van der Waals surface area contributed by atoms with Gasteiger partial charge in [-0.15, -0.1) is 0 Å². The normalized spacial score (nSPS) is 10.5. The quantitative estimate of drug-likeness (QED) is 0.649. The van der Waals surface area contributed by atoms with E-state index in [2.05, 4.69) is 27.2 Å². The first kappa shape index (κ1) is 15.8. The van der Waals surface area contributed by atoms with Crippen molar-refractivity contribution in [2.24, 2.45) is 0 Å². The topological polar surface area (TPSA) is 90.9 Å². The van der Waals surface area contributed by atoms with Crippen LogP contribution in [0.5, 0.6) is 5.75 Å². The van der Waals surface area contributed by atoms with E-state index in [4.69, 9.17) is 10.5 Å². The summed E-state index contributed by atoms with van der Waals surface area (Å²) in [5.41, 5.74) is 7.50. The van der Waals surface area contributed by atoms with Crippen LogP contribution in [0.2, 0.25) is 0 Å². The Hall–Kier alpha value is -3.09. The van der Waals surface area contributed by atoms with Gasteiger partial charge in [-0.2, -0.15) is 0 Å². The Bertz CT molecular complexity index is 770. The lowest BCUT2D eigenvalue weighted by molar-refractivity contribution is 0.309. The van der Waals surface area contributed by atoms with Crippen molar-refractivity contribution in [1.29, 1.82) is 0 Å². The number of nitrogens with zero attached hydrogens (tertiary/aromatic N) is 4. The average Bonchev–Trinajstić information content (AvgIpc) is 3.13. The van der Waals surface area contributed by atoms with Crippen molar-refractivity contribution in [2.75, 3.05) is 17.7 Å². The predicted octanol–water partition coefficient (Wildman–Crippen LogP) is 3.17. The number of aromatic nitrogens is 4. The molecule has 124 valence electrons. The van der Waals surface area contributed by atoms with Crippen LogP contribution in [0.15, 0.2) is 49.3 Å². The van der Waals surface area contributed by atoms with E-state index in [-0.39, 0.29) is 0 Å². The van der Waals surface area contributed by atoms with Crippen LogP contribution in [0, 0.1) is 0 Å². The number of unbranched alkanes of at least 4 members (excludes halogenated alkanes) is 1. The zero-order valence-corrected chi connectivity index (χ0v) is 13.5. The minimum absolute atomic E-state index is 0.457. The fraction of sp³-hybridized carbons (Fsp3) is 0.235. The van der Waals surface area contributed by atoms with E-state index in [1.807, 2.05) is 24.3 Å². The van der Waals surface area contributed by atoms with Crippen molar-refractivity contribution < 1.29 is 4.74 Å². The van der Waals surface area contributed by atoms with Gasteiger partial charge in [-0.25, -0.2) is 15.0 Å². The Morgan fingerprint density at radius 1 is 1.21 bits per heavy atom. The number of hydrogen-bond donors (Lipinski definition) is 2. The van der Waals surface area contributed by atoms with Crippen LogP contribution in [-0.4, -0.2) is 26.1 Å². The Labute approximate surface area is 140 Å². The number of nitrogens with two attached hydrogens (primary N) is 1. The summed E-state index contributed by atoms with van der Waals surface area (Å²) in [6.45, 7) is 2.87. The molecule has 0 bridgehead atoms. The molecule has 0 saturated heterocycles. The second kappa shape index (κ2) is 7.45. The largest absolute Gasteiger partial charge is 0.494 e. The van der Waals surface area contributed by atoms with Gasteiger partial charge >= 0.3 is 0 Å². The van der Waals surface area contributed by atoms with Gasteiger partial charge < -0.3 is 15.8 Å². The fourth-order valence-electron chi connectivity index (χ4n) is 2.18. The van der Waals surface area contributed by atoms with Crippen LogP contribution in [0.25, 0.3) is 5.82 Å². The van der Waals surface area contributed by atoms with Crippen LogP contribution >= 0.6 is 0 Å². The van der Waals surface area contributed by atoms with E-state index >= 15 is 0 Å². The average molecular weight is 324 g/mol. The Kier molecular flexibility index (Phi) is 4.90. The monoisotopic (exact) mass is 324 g/mol. The van der Waals surface area contributed by atoms with Gasteiger partial charge in [0.1, 0.15) is 24.1 Å². The zero-order valence-electron chi connectivity index (χ0n) is 13.5. The third-order valence-corrected chi connectivity index (χ3v) is 3.50. The molecule has 7 nitrogen and oxygen atoms in total. The zero-order chi connectivity index (χ0) is 16.8. The summed E-state index contributed by atoms with van der Waals surface area (Å²) >= 11 is 0. The van der Waals surface area contributed by atoms with Crippen molar-refractivity contribution in [2.45, 2.75) is 19.8 Å². The molecule has 0 atom stereocenters. The maximum Gasteiger partial charge on any atom is 0.166 e. The van der Waals surface area contributed by atoms with Crippen molar-refractivity contribution in [3.05, 3.63) is 49.3 Å². The highest BCUT2D eigenvalue weighted by Crippen LogP contribution is 2.25. The molecule has 2 aromatic heterocycles. The molecule has 24 heavy (non-hydrogen) atoms. The molecule has 0 aliphatic rings. The number of hydrogen-bond acceptors (Lipinski definition) is 6. The maximum absolute atomic E-state index is 6.17. The molecule has 0 fully saturated rings. The highest BCUT2D eigenvalue weighted by molar-refractivity contribution is 5.74. The highest BCUT2D eigenvalue weighted by atomic mass is 16.5. The summed E-state index contributed by atoms with van der Waals surface area (Å²) in [4.78, 5) is 12.4. The first-order chi connectivity index (χ1) is 11.8. The molecule has 0 radical (unpaired) electrons. The van der Waals surface area contributed by atoms with E-state index in [0.29, 0.717) is 17.3 Å². The number of imidazole rings is 1. The van der Waals surface area contributed by atoms with Crippen molar-refractivity contribution in [1.82, 2.24) is 19.5 Å².